The molecule has 8 rings (SSSR count). The molecule has 0 saturated carbocycles. The number of hydrogen-bond acceptors (Lipinski definition) is 20. The first-order valence-electron chi connectivity index (χ1n) is 17.2. The fourth-order valence-corrected chi connectivity index (χ4v) is 9.71. The molecule has 24 nitrogen and oxygen atoms in total. The van der Waals surface area contributed by atoms with E-state index >= 15 is 0 Å². The Bertz CT molecular complexity index is 3580. The van der Waals surface area contributed by atoms with E-state index in [0.29, 0.717) is 0 Å². The van der Waals surface area contributed by atoms with Gasteiger partial charge in [0.1, 0.15) is 37.0 Å². The second kappa shape index (κ2) is 15.4. The summed E-state index contributed by atoms with van der Waals surface area (Å²) < 4.78 is 150. The maximum Gasteiger partial charge on any atom is 0.300 e. The Kier molecular flexibility index (Phi) is 10.6. The zero-order valence-corrected chi connectivity index (χ0v) is 36.2. The SMILES string of the molecule is Cc1ccc(Nc2nc(Nc3ccc(N)c(S(=O)(=O)O)c3)nc(Nc3ccc4c(c3S(=O)(=O)O)Oc3c(Cl)c5c(c(Cl)c3=N4)Oc3c(ccc(N)c3S(=O)(=O)O)N=5)n2)cc1S(=O)(=O)O. The number of fused-ring (bicyclic) bond motifs is 4. The predicted molar refractivity (Wildman–Crippen MR) is 227 cm³/mol. The lowest BCUT2D eigenvalue weighted by Gasteiger charge is -2.23. The summed E-state index contributed by atoms with van der Waals surface area (Å²) in [5, 5.41) is 6.82. The standard InChI is InChI=1S/C34H24Cl2N10O14S4/c1-12-2-3-13(10-20(12)61(47,48)49)39-32-44-33(40-14-4-5-15(37)21(11-14)62(50,51)52)46-34(45-32)43-19-9-8-18-27(31(19)64(56,57)58)60-29-23(36)24-28(22(35)25(29)42-18)59-26-17(41-24)7-6-16(38)30(26)63(53,54)55/h2-11H,37-38H2,1H3,(H,47,48,49)(H,50,51,52)(H,53,54,55)(H,56,57,58)(H3,39,40,43,44,45,46). The highest BCUT2D eigenvalue weighted by molar-refractivity contribution is 7.86. The molecule has 0 amide bonds. The lowest BCUT2D eigenvalue weighted by atomic mass is 10.2. The number of nitrogens with one attached hydrogen (secondary N) is 3. The number of nitrogens with zero attached hydrogens (tertiary/aromatic N) is 5. The molecule has 64 heavy (non-hydrogen) atoms. The van der Waals surface area contributed by atoms with Crippen molar-refractivity contribution in [3.8, 4) is 23.0 Å². The Morgan fingerprint density at radius 2 is 0.969 bits per heavy atom. The highest BCUT2D eigenvalue weighted by Gasteiger charge is 2.34. The van der Waals surface area contributed by atoms with Gasteiger partial charge in [-0.15, -0.1) is 0 Å². The average Bonchev–Trinajstić information content (AvgIpc) is 3.18. The number of anilines is 8. The smallest absolute Gasteiger partial charge is 0.300 e. The van der Waals surface area contributed by atoms with Gasteiger partial charge in [-0.3, -0.25) is 18.2 Å². The highest BCUT2D eigenvalue weighted by atomic mass is 35.5. The van der Waals surface area contributed by atoms with E-state index in [-0.39, 0.29) is 78.1 Å². The van der Waals surface area contributed by atoms with Crippen molar-refractivity contribution in [2.45, 2.75) is 26.5 Å². The summed E-state index contributed by atoms with van der Waals surface area (Å²) in [6.45, 7) is 1.43. The Morgan fingerprint density at radius 1 is 0.531 bits per heavy atom. The van der Waals surface area contributed by atoms with Crippen LogP contribution in [0.15, 0.2) is 90.2 Å². The second-order valence-electron chi connectivity index (χ2n) is 13.3. The van der Waals surface area contributed by atoms with E-state index in [1.54, 1.807) is 0 Å². The van der Waals surface area contributed by atoms with Crippen LogP contribution in [-0.2, 0) is 40.5 Å². The van der Waals surface area contributed by atoms with Gasteiger partial charge in [-0.25, -0.2) is 9.98 Å². The molecule has 0 spiro atoms. The molecule has 0 bridgehead atoms. The van der Waals surface area contributed by atoms with Crippen molar-refractivity contribution < 1.29 is 61.4 Å². The summed E-state index contributed by atoms with van der Waals surface area (Å²) in [6, 6.07) is 11.9. The Balaban J connectivity index is 1.24. The molecule has 5 aromatic carbocycles. The van der Waals surface area contributed by atoms with Crippen molar-refractivity contribution >= 4 is 121 Å². The summed E-state index contributed by atoms with van der Waals surface area (Å²) in [4.78, 5) is 18.4. The van der Waals surface area contributed by atoms with Crippen molar-refractivity contribution in [3.63, 3.8) is 0 Å². The number of ether oxygens (including phenoxy) is 2. The molecule has 0 fully saturated rings. The predicted octanol–water partition coefficient (Wildman–Crippen LogP) is 4.98. The van der Waals surface area contributed by atoms with Crippen LogP contribution in [0.4, 0.5) is 57.7 Å². The fourth-order valence-electron chi connectivity index (χ4n) is 6.28. The Hall–Kier alpha value is -6.47. The minimum Gasteiger partial charge on any atom is -0.450 e. The number of aryl methyl sites for hydroxylation is 1. The van der Waals surface area contributed by atoms with E-state index in [1.807, 2.05) is 0 Å². The molecule has 0 radical (unpaired) electrons. The third-order valence-electron chi connectivity index (χ3n) is 9.00. The molecule has 6 aromatic rings. The molecule has 332 valence electrons. The summed E-state index contributed by atoms with van der Waals surface area (Å²) in [6.07, 6.45) is 0. The minimum atomic E-state index is -5.30. The van der Waals surface area contributed by atoms with Crippen LogP contribution in [0.5, 0.6) is 23.0 Å². The van der Waals surface area contributed by atoms with Gasteiger partial charge < -0.3 is 36.9 Å². The van der Waals surface area contributed by atoms with Crippen LogP contribution in [0.3, 0.4) is 0 Å². The maximum atomic E-state index is 13.2. The first-order chi connectivity index (χ1) is 29.8. The highest BCUT2D eigenvalue weighted by Crippen LogP contribution is 2.49. The summed E-state index contributed by atoms with van der Waals surface area (Å²) >= 11 is 13.4. The van der Waals surface area contributed by atoms with Crippen LogP contribution in [0, 0.1) is 6.92 Å². The van der Waals surface area contributed by atoms with E-state index in [9.17, 15) is 51.9 Å². The monoisotopic (exact) mass is 994 g/mol. The summed E-state index contributed by atoms with van der Waals surface area (Å²) in [7, 11) is -19.8. The van der Waals surface area contributed by atoms with Gasteiger partial charge in [0.2, 0.25) is 17.8 Å². The quantitative estimate of drug-likeness (QED) is 0.0644. The third-order valence-corrected chi connectivity index (χ3v) is 13.5. The molecule has 2 aliphatic rings. The maximum absolute atomic E-state index is 13.2. The Labute approximate surface area is 369 Å². The molecule has 30 heteroatoms. The van der Waals surface area contributed by atoms with E-state index in [4.69, 9.17) is 44.1 Å². The molecule has 3 heterocycles. The lowest BCUT2D eigenvalue weighted by Crippen LogP contribution is -2.23. The second-order valence-corrected chi connectivity index (χ2v) is 19.6. The third kappa shape index (κ3) is 8.24. The van der Waals surface area contributed by atoms with Gasteiger partial charge in [0, 0.05) is 11.4 Å². The van der Waals surface area contributed by atoms with Crippen LogP contribution in [-0.4, -0.2) is 66.8 Å². The molecule has 0 unspecified atom stereocenters. The fraction of sp³-hybridized carbons (Fsp3) is 0.0294. The summed E-state index contributed by atoms with van der Waals surface area (Å²) in [5.41, 5.74) is 10.1. The van der Waals surface area contributed by atoms with Crippen molar-refractivity contribution in [1.29, 1.82) is 0 Å². The first kappa shape index (κ1) is 44.1. The van der Waals surface area contributed by atoms with Gasteiger partial charge in [-0.05, 0) is 67.1 Å². The number of rotatable bonds is 10. The minimum absolute atomic E-state index is 0.0184. The van der Waals surface area contributed by atoms with E-state index in [0.717, 1.165) is 30.3 Å². The van der Waals surface area contributed by atoms with Crippen molar-refractivity contribution in [2.24, 2.45) is 9.98 Å². The molecular formula is C34H24Cl2N10O14S4. The van der Waals surface area contributed by atoms with Crippen molar-refractivity contribution in [2.75, 3.05) is 27.4 Å². The summed E-state index contributed by atoms with van der Waals surface area (Å²) in [5.74, 6) is -3.07. The number of nitrogens with two attached hydrogens (primary N) is 2. The first-order valence-corrected chi connectivity index (χ1v) is 23.7. The molecule has 2 aliphatic heterocycles. The molecular weight excluding hydrogens is 972 g/mol. The molecule has 11 N–H and O–H groups in total. The van der Waals surface area contributed by atoms with Gasteiger partial charge in [0.25, 0.3) is 40.5 Å². The van der Waals surface area contributed by atoms with Crippen molar-refractivity contribution in [1.82, 2.24) is 15.0 Å². The van der Waals surface area contributed by atoms with E-state index in [2.05, 4.69) is 40.9 Å². The van der Waals surface area contributed by atoms with Gasteiger partial charge >= 0.3 is 0 Å². The Morgan fingerprint density at radius 3 is 1.47 bits per heavy atom. The van der Waals surface area contributed by atoms with Crippen LogP contribution >= 0.6 is 23.2 Å². The number of hydrogen-bond donors (Lipinski definition) is 9. The van der Waals surface area contributed by atoms with Crippen LogP contribution in [0.2, 0.25) is 10.0 Å². The topological polar surface area (TPSA) is 387 Å². The molecule has 0 aliphatic carbocycles. The number of benzene rings is 5. The largest absolute Gasteiger partial charge is 0.450 e. The van der Waals surface area contributed by atoms with Gasteiger partial charge in [-0.1, -0.05) is 29.3 Å². The lowest BCUT2D eigenvalue weighted by molar-refractivity contribution is 0.428. The van der Waals surface area contributed by atoms with Gasteiger partial charge in [0.15, 0.2) is 32.8 Å². The zero-order chi connectivity index (χ0) is 46.4. The van der Waals surface area contributed by atoms with Gasteiger partial charge in [-0.2, -0.15) is 48.6 Å². The number of aromatic nitrogens is 3. The van der Waals surface area contributed by atoms with Crippen LogP contribution in [0.1, 0.15) is 5.56 Å². The normalized spacial score (nSPS) is 13.1. The van der Waals surface area contributed by atoms with Crippen LogP contribution in [0.25, 0.3) is 0 Å². The van der Waals surface area contributed by atoms with E-state index in [1.165, 1.54) is 37.3 Å². The van der Waals surface area contributed by atoms with Crippen LogP contribution < -0.4 is 47.6 Å². The molecule has 1 aromatic heterocycles. The average molecular weight is 996 g/mol. The number of nitrogen functional groups attached to an aromatic ring is 2. The van der Waals surface area contributed by atoms with Crippen molar-refractivity contribution in [3.05, 3.63) is 87.0 Å². The van der Waals surface area contributed by atoms with Gasteiger partial charge in [0.05, 0.1) is 22.0 Å². The molecule has 0 saturated heterocycles. The zero-order valence-electron chi connectivity index (χ0n) is 31.4. The number of halogens is 2. The van der Waals surface area contributed by atoms with E-state index < -0.39 is 88.9 Å². The molecule has 0 atom stereocenters.